The Hall–Kier alpha value is -1.76. The second-order valence-electron chi connectivity index (χ2n) is 4.85. The minimum atomic E-state index is -0.550. The second-order valence-corrected chi connectivity index (χ2v) is 6.33. The normalized spacial score (nSPS) is 22.6. The van der Waals surface area contributed by atoms with Crippen molar-refractivity contribution in [1.82, 2.24) is 4.90 Å². The molecule has 7 heteroatoms. The van der Waals surface area contributed by atoms with Crippen molar-refractivity contribution >= 4 is 29.0 Å². The van der Waals surface area contributed by atoms with Crippen molar-refractivity contribution in [2.24, 2.45) is 0 Å². The van der Waals surface area contributed by atoms with Crippen LogP contribution < -0.4 is 5.73 Å². The number of nitro benzene ring substituents is 1. The molecule has 2 unspecified atom stereocenters. The minimum Gasteiger partial charge on any atom is -0.393 e. The van der Waals surface area contributed by atoms with Crippen molar-refractivity contribution in [3.05, 3.63) is 33.9 Å². The van der Waals surface area contributed by atoms with Gasteiger partial charge in [-0.3, -0.25) is 14.9 Å². The van der Waals surface area contributed by atoms with E-state index >= 15 is 0 Å². The van der Waals surface area contributed by atoms with Crippen molar-refractivity contribution in [3.63, 3.8) is 0 Å². The predicted molar refractivity (Wildman–Crippen MR) is 79.9 cm³/mol. The van der Waals surface area contributed by atoms with Crippen molar-refractivity contribution in [2.75, 3.05) is 18.0 Å². The molecule has 2 rings (SSSR count). The highest BCUT2D eigenvalue weighted by Crippen LogP contribution is 2.27. The van der Waals surface area contributed by atoms with Crippen LogP contribution in [-0.4, -0.2) is 39.3 Å². The van der Waals surface area contributed by atoms with Gasteiger partial charge in [-0.1, -0.05) is 6.92 Å². The Kier molecular flexibility index (Phi) is 4.17. The van der Waals surface area contributed by atoms with Gasteiger partial charge >= 0.3 is 0 Å². The summed E-state index contributed by atoms with van der Waals surface area (Å²) in [5, 5.41) is 11.1. The maximum atomic E-state index is 12.5. The lowest BCUT2D eigenvalue weighted by atomic mass is 10.1. The van der Waals surface area contributed by atoms with Gasteiger partial charge in [0.2, 0.25) is 0 Å². The zero-order valence-electron chi connectivity index (χ0n) is 11.4. The highest BCUT2D eigenvalue weighted by Gasteiger charge is 2.30. The maximum absolute atomic E-state index is 12.5. The lowest BCUT2D eigenvalue weighted by molar-refractivity contribution is -0.383. The number of nitrogens with zero attached hydrogens (tertiary/aromatic N) is 2. The van der Waals surface area contributed by atoms with Gasteiger partial charge in [0, 0.05) is 35.2 Å². The zero-order chi connectivity index (χ0) is 14.9. The number of carbonyl (C=O) groups is 1. The Morgan fingerprint density at radius 1 is 1.50 bits per heavy atom. The molecule has 1 heterocycles. The van der Waals surface area contributed by atoms with Crippen LogP contribution in [0.5, 0.6) is 0 Å². The SMILES string of the molecule is CC1SCCN(C(=O)c2ccc([N+](=O)[O-])c(N)c2)C1C. The van der Waals surface area contributed by atoms with Crippen molar-refractivity contribution in [3.8, 4) is 0 Å². The maximum Gasteiger partial charge on any atom is 0.292 e. The number of rotatable bonds is 2. The van der Waals surface area contributed by atoms with E-state index in [9.17, 15) is 14.9 Å². The number of thioether (sulfide) groups is 1. The van der Waals surface area contributed by atoms with Gasteiger partial charge in [0.05, 0.1) is 4.92 Å². The molecule has 1 aromatic carbocycles. The molecular weight excluding hydrogens is 278 g/mol. The van der Waals surface area contributed by atoms with Crippen LogP contribution in [0.4, 0.5) is 11.4 Å². The van der Waals surface area contributed by atoms with Crippen LogP contribution in [0.15, 0.2) is 18.2 Å². The molecule has 0 bridgehead atoms. The van der Waals surface area contributed by atoms with Crippen LogP contribution in [0.25, 0.3) is 0 Å². The predicted octanol–water partition coefficient (Wildman–Crippen LogP) is 2.14. The molecule has 1 amide bonds. The Morgan fingerprint density at radius 3 is 2.80 bits per heavy atom. The van der Waals surface area contributed by atoms with E-state index in [1.807, 2.05) is 23.6 Å². The lowest BCUT2D eigenvalue weighted by Gasteiger charge is -2.37. The van der Waals surface area contributed by atoms with Crippen LogP contribution in [0.1, 0.15) is 24.2 Å². The number of carbonyl (C=O) groups excluding carboxylic acids is 1. The quantitative estimate of drug-likeness (QED) is 0.513. The molecule has 0 aromatic heterocycles. The monoisotopic (exact) mass is 295 g/mol. The van der Waals surface area contributed by atoms with Crippen LogP contribution >= 0.6 is 11.8 Å². The number of benzene rings is 1. The summed E-state index contributed by atoms with van der Waals surface area (Å²) in [6.45, 7) is 4.80. The number of nitrogen functional groups attached to an aromatic ring is 1. The van der Waals surface area contributed by atoms with E-state index in [0.717, 1.165) is 5.75 Å². The number of amides is 1. The minimum absolute atomic E-state index is 0.0212. The Morgan fingerprint density at radius 2 is 2.20 bits per heavy atom. The van der Waals surface area contributed by atoms with Gasteiger partial charge in [-0.25, -0.2) is 0 Å². The Balaban J connectivity index is 2.25. The van der Waals surface area contributed by atoms with Gasteiger partial charge in [0.15, 0.2) is 0 Å². The molecule has 0 spiro atoms. The first-order valence-electron chi connectivity index (χ1n) is 6.38. The Bertz CT molecular complexity index is 550. The summed E-state index contributed by atoms with van der Waals surface area (Å²) in [5.74, 6) is 0.783. The molecule has 1 aliphatic heterocycles. The van der Waals surface area contributed by atoms with E-state index in [0.29, 0.717) is 17.4 Å². The molecule has 0 aliphatic carbocycles. The van der Waals surface area contributed by atoms with Gasteiger partial charge in [-0.2, -0.15) is 11.8 Å². The fourth-order valence-electron chi connectivity index (χ4n) is 2.24. The van der Waals surface area contributed by atoms with Gasteiger partial charge in [0.25, 0.3) is 11.6 Å². The third-order valence-corrected chi connectivity index (χ3v) is 4.95. The highest BCUT2D eigenvalue weighted by molar-refractivity contribution is 8.00. The largest absolute Gasteiger partial charge is 0.393 e. The molecule has 0 saturated carbocycles. The Labute approximate surface area is 121 Å². The van der Waals surface area contributed by atoms with Crippen LogP contribution in [0.3, 0.4) is 0 Å². The molecule has 2 atom stereocenters. The van der Waals surface area contributed by atoms with Crippen molar-refractivity contribution in [1.29, 1.82) is 0 Å². The molecule has 0 radical (unpaired) electrons. The molecule has 1 aromatic rings. The van der Waals surface area contributed by atoms with E-state index in [4.69, 9.17) is 5.73 Å². The highest BCUT2D eigenvalue weighted by atomic mass is 32.2. The van der Waals surface area contributed by atoms with Gasteiger partial charge in [-0.05, 0) is 19.1 Å². The molecule has 108 valence electrons. The second kappa shape index (κ2) is 5.70. The van der Waals surface area contributed by atoms with Crippen LogP contribution in [0.2, 0.25) is 0 Å². The molecule has 20 heavy (non-hydrogen) atoms. The molecule has 1 fully saturated rings. The average molecular weight is 295 g/mol. The summed E-state index contributed by atoms with van der Waals surface area (Å²) in [5.41, 5.74) is 5.89. The fraction of sp³-hybridized carbons (Fsp3) is 0.462. The fourth-order valence-corrected chi connectivity index (χ4v) is 3.34. The smallest absolute Gasteiger partial charge is 0.292 e. The van der Waals surface area contributed by atoms with Gasteiger partial charge in [-0.15, -0.1) is 0 Å². The van der Waals surface area contributed by atoms with Crippen molar-refractivity contribution in [2.45, 2.75) is 25.1 Å². The molecule has 1 aliphatic rings. The number of hydrogen-bond donors (Lipinski definition) is 1. The summed E-state index contributed by atoms with van der Waals surface area (Å²) in [6.07, 6.45) is 0. The number of hydrogen-bond acceptors (Lipinski definition) is 5. The number of nitrogens with two attached hydrogens (primary N) is 1. The lowest BCUT2D eigenvalue weighted by Crippen LogP contribution is -2.47. The van der Waals surface area contributed by atoms with E-state index in [1.165, 1.54) is 18.2 Å². The number of anilines is 1. The molecule has 6 nitrogen and oxygen atoms in total. The van der Waals surface area contributed by atoms with Gasteiger partial charge < -0.3 is 10.6 Å². The molecule has 1 saturated heterocycles. The van der Waals surface area contributed by atoms with E-state index in [2.05, 4.69) is 6.92 Å². The standard InChI is InChI=1S/C13H17N3O3S/c1-8-9(2)20-6-5-15(8)13(17)10-3-4-12(16(18)19)11(14)7-10/h3-4,7-9H,5-6,14H2,1-2H3. The van der Waals surface area contributed by atoms with E-state index in [1.54, 1.807) is 0 Å². The third-order valence-electron chi connectivity index (χ3n) is 3.62. The average Bonchev–Trinajstić information content (AvgIpc) is 2.40. The molecular formula is C13H17N3O3S. The first-order valence-corrected chi connectivity index (χ1v) is 7.43. The van der Waals surface area contributed by atoms with Crippen molar-refractivity contribution < 1.29 is 9.72 Å². The molecule has 2 N–H and O–H groups in total. The number of nitro groups is 1. The van der Waals surface area contributed by atoms with E-state index < -0.39 is 4.92 Å². The first kappa shape index (κ1) is 14.6. The summed E-state index contributed by atoms with van der Waals surface area (Å²) in [4.78, 5) is 24.5. The summed E-state index contributed by atoms with van der Waals surface area (Å²) in [7, 11) is 0. The van der Waals surface area contributed by atoms with Crippen LogP contribution in [0, 0.1) is 10.1 Å². The summed E-state index contributed by atoms with van der Waals surface area (Å²) >= 11 is 1.84. The van der Waals surface area contributed by atoms with Gasteiger partial charge in [0.1, 0.15) is 5.69 Å². The third kappa shape index (κ3) is 2.72. The zero-order valence-corrected chi connectivity index (χ0v) is 12.2. The first-order chi connectivity index (χ1) is 9.41. The summed E-state index contributed by atoms with van der Waals surface area (Å²) in [6, 6.07) is 4.28. The van der Waals surface area contributed by atoms with E-state index in [-0.39, 0.29) is 23.3 Å². The van der Waals surface area contributed by atoms with Crippen LogP contribution in [-0.2, 0) is 0 Å². The summed E-state index contributed by atoms with van der Waals surface area (Å²) < 4.78 is 0. The topological polar surface area (TPSA) is 89.5 Å².